The van der Waals surface area contributed by atoms with Gasteiger partial charge in [-0.1, -0.05) is 13.0 Å². The monoisotopic (exact) mass is 365 g/mol. The summed E-state index contributed by atoms with van der Waals surface area (Å²) in [6.45, 7) is 3.73. The van der Waals surface area contributed by atoms with Gasteiger partial charge in [0, 0.05) is 25.0 Å². The molecular formula is C17H20FN3O3S. The van der Waals surface area contributed by atoms with Gasteiger partial charge in [0.2, 0.25) is 10.0 Å². The Morgan fingerprint density at radius 2 is 2.08 bits per heavy atom. The third-order valence-corrected chi connectivity index (χ3v) is 5.22. The standard InChI is InChI=1S/C17H20FN3O3S/c1-3-12(2)21-25(23,24)14-6-7-16(18)15(9-14)17(22)20-11-13-5-4-8-19-10-13/h4-10,12,21H,3,11H2,1-2H3,(H,20,22)/t12-/m1/s1. The van der Waals surface area contributed by atoms with E-state index >= 15 is 0 Å². The summed E-state index contributed by atoms with van der Waals surface area (Å²) >= 11 is 0. The summed E-state index contributed by atoms with van der Waals surface area (Å²) in [7, 11) is -3.82. The molecule has 1 amide bonds. The van der Waals surface area contributed by atoms with Crippen LogP contribution in [0.5, 0.6) is 0 Å². The van der Waals surface area contributed by atoms with Gasteiger partial charge in [0.25, 0.3) is 5.91 Å². The number of rotatable bonds is 7. The molecule has 0 fully saturated rings. The van der Waals surface area contributed by atoms with Crippen molar-refractivity contribution >= 4 is 15.9 Å². The Kier molecular flexibility index (Phi) is 6.22. The van der Waals surface area contributed by atoms with Gasteiger partial charge in [-0.25, -0.2) is 17.5 Å². The Morgan fingerprint density at radius 1 is 1.32 bits per heavy atom. The van der Waals surface area contributed by atoms with Crippen molar-refractivity contribution in [3.63, 3.8) is 0 Å². The highest BCUT2D eigenvalue weighted by molar-refractivity contribution is 7.89. The first kappa shape index (κ1) is 19.0. The zero-order chi connectivity index (χ0) is 18.4. The van der Waals surface area contributed by atoms with Gasteiger partial charge in [0.05, 0.1) is 10.5 Å². The lowest BCUT2D eigenvalue weighted by molar-refractivity contribution is 0.0946. The Labute approximate surface area is 146 Å². The van der Waals surface area contributed by atoms with Gasteiger partial charge in [-0.15, -0.1) is 0 Å². The first-order chi connectivity index (χ1) is 11.8. The molecule has 0 bridgehead atoms. The van der Waals surface area contributed by atoms with Gasteiger partial charge in [0.15, 0.2) is 0 Å². The molecule has 134 valence electrons. The minimum absolute atomic E-state index is 0.152. The van der Waals surface area contributed by atoms with Crippen molar-refractivity contribution in [2.24, 2.45) is 0 Å². The summed E-state index contributed by atoms with van der Waals surface area (Å²) in [5.74, 6) is -1.48. The topological polar surface area (TPSA) is 88.2 Å². The summed E-state index contributed by atoms with van der Waals surface area (Å²) in [6.07, 6.45) is 3.79. The van der Waals surface area contributed by atoms with E-state index in [0.717, 1.165) is 23.8 Å². The van der Waals surface area contributed by atoms with E-state index in [4.69, 9.17) is 0 Å². The van der Waals surface area contributed by atoms with E-state index in [2.05, 4.69) is 15.0 Å². The van der Waals surface area contributed by atoms with Gasteiger partial charge in [-0.2, -0.15) is 0 Å². The zero-order valence-corrected chi connectivity index (χ0v) is 14.8. The zero-order valence-electron chi connectivity index (χ0n) is 14.0. The number of amides is 1. The van der Waals surface area contributed by atoms with Crippen molar-refractivity contribution in [1.82, 2.24) is 15.0 Å². The Balaban J connectivity index is 2.19. The Morgan fingerprint density at radius 3 is 2.72 bits per heavy atom. The normalized spacial score (nSPS) is 12.6. The van der Waals surface area contributed by atoms with Crippen molar-refractivity contribution in [1.29, 1.82) is 0 Å². The second kappa shape index (κ2) is 8.17. The quantitative estimate of drug-likeness (QED) is 0.788. The molecule has 0 aliphatic heterocycles. The average Bonchev–Trinajstić information content (AvgIpc) is 2.60. The molecule has 1 atom stereocenters. The molecule has 0 saturated carbocycles. The molecule has 0 unspecified atom stereocenters. The molecule has 0 radical (unpaired) electrons. The number of halogens is 1. The molecule has 1 aromatic heterocycles. The second-order valence-corrected chi connectivity index (χ2v) is 7.33. The number of hydrogen-bond acceptors (Lipinski definition) is 4. The first-order valence-electron chi connectivity index (χ1n) is 7.82. The van der Waals surface area contributed by atoms with Crippen molar-refractivity contribution in [3.8, 4) is 0 Å². The third kappa shape index (κ3) is 5.07. The maximum absolute atomic E-state index is 14.0. The Bertz CT molecular complexity index is 841. The van der Waals surface area contributed by atoms with Gasteiger partial charge in [-0.05, 0) is 43.2 Å². The summed E-state index contributed by atoms with van der Waals surface area (Å²) < 4.78 is 41.0. The number of nitrogens with one attached hydrogen (secondary N) is 2. The van der Waals surface area contributed by atoms with Crippen LogP contribution >= 0.6 is 0 Å². The maximum Gasteiger partial charge on any atom is 0.254 e. The van der Waals surface area contributed by atoms with Gasteiger partial charge in [0.1, 0.15) is 5.82 Å². The fourth-order valence-electron chi connectivity index (χ4n) is 2.04. The molecular weight excluding hydrogens is 345 g/mol. The van der Waals surface area contributed by atoms with Crippen molar-refractivity contribution in [2.75, 3.05) is 0 Å². The molecule has 2 N–H and O–H groups in total. The van der Waals surface area contributed by atoms with Crippen LogP contribution in [0.15, 0.2) is 47.6 Å². The van der Waals surface area contributed by atoms with Gasteiger partial charge in [-0.3, -0.25) is 9.78 Å². The lowest BCUT2D eigenvalue weighted by Crippen LogP contribution is -2.32. The summed E-state index contributed by atoms with van der Waals surface area (Å²) in [6, 6.07) is 6.37. The van der Waals surface area contributed by atoms with Crippen LogP contribution in [0.2, 0.25) is 0 Å². The van der Waals surface area contributed by atoms with Crippen LogP contribution in [0.1, 0.15) is 36.2 Å². The molecule has 0 spiro atoms. The molecule has 2 rings (SSSR count). The number of hydrogen-bond donors (Lipinski definition) is 2. The average molecular weight is 365 g/mol. The second-order valence-electron chi connectivity index (χ2n) is 5.62. The molecule has 1 aromatic carbocycles. The molecule has 0 saturated heterocycles. The summed E-state index contributed by atoms with van der Waals surface area (Å²) in [5.41, 5.74) is 0.425. The van der Waals surface area contributed by atoms with Crippen molar-refractivity contribution < 1.29 is 17.6 Å². The minimum atomic E-state index is -3.82. The number of carbonyl (C=O) groups is 1. The van der Waals surface area contributed by atoms with Crippen molar-refractivity contribution in [3.05, 3.63) is 59.7 Å². The number of sulfonamides is 1. The predicted molar refractivity (Wildman–Crippen MR) is 91.9 cm³/mol. The van der Waals surface area contributed by atoms with Gasteiger partial charge >= 0.3 is 0 Å². The number of carbonyl (C=O) groups excluding carboxylic acids is 1. The highest BCUT2D eigenvalue weighted by atomic mass is 32.2. The van der Waals surface area contributed by atoms with E-state index in [1.807, 2.05) is 6.92 Å². The fraction of sp³-hybridized carbons (Fsp3) is 0.294. The van der Waals surface area contributed by atoms with E-state index in [-0.39, 0.29) is 23.0 Å². The molecule has 0 aliphatic carbocycles. The van der Waals surface area contributed by atoms with Crippen LogP contribution in [0.3, 0.4) is 0 Å². The fourth-order valence-corrected chi connectivity index (χ4v) is 3.39. The molecule has 1 heterocycles. The lowest BCUT2D eigenvalue weighted by atomic mass is 10.2. The molecule has 2 aromatic rings. The molecule has 25 heavy (non-hydrogen) atoms. The number of pyridine rings is 1. The smallest absolute Gasteiger partial charge is 0.254 e. The number of benzene rings is 1. The van der Waals surface area contributed by atoms with Crippen LogP contribution in [0.25, 0.3) is 0 Å². The number of aromatic nitrogens is 1. The van der Waals surface area contributed by atoms with Crippen LogP contribution in [0, 0.1) is 5.82 Å². The van der Waals surface area contributed by atoms with Crippen LogP contribution in [-0.2, 0) is 16.6 Å². The highest BCUT2D eigenvalue weighted by Gasteiger charge is 2.20. The highest BCUT2D eigenvalue weighted by Crippen LogP contribution is 2.16. The van der Waals surface area contributed by atoms with E-state index in [1.165, 1.54) is 0 Å². The summed E-state index contributed by atoms with van der Waals surface area (Å²) in [4.78, 5) is 16.0. The maximum atomic E-state index is 14.0. The van der Waals surface area contributed by atoms with E-state index in [1.54, 1.807) is 31.5 Å². The van der Waals surface area contributed by atoms with Gasteiger partial charge < -0.3 is 5.32 Å². The predicted octanol–water partition coefficient (Wildman–Crippen LogP) is 2.23. The molecule has 6 nitrogen and oxygen atoms in total. The lowest BCUT2D eigenvalue weighted by Gasteiger charge is -2.13. The number of nitrogens with zero attached hydrogens (tertiary/aromatic N) is 1. The molecule has 0 aliphatic rings. The van der Waals surface area contributed by atoms with E-state index in [9.17, 15) is 17.6 Å². The first-order valence-corrected chi connectivity index (χ1v) is 9.30. The minimum Gasteiger partial charge on any atom is -0.348 e. The third-order valence-electron chi connectivity index (χ3n) is 3.64. The Hall–Kier alpha value is -2.32. The molecule has 8 heteroatoms. The largest absolute Gasteiger partial charge is 0.348 e. The summed E-state index contributed by atoms with van der Waals surface area (Å²) in [5, 5.41) is 2.55. The van der Waals surface area contributed by atoms with Crippen LogP contribution in [-0.4, -0.2) is 25.4 Å². The van der Waals surface area contributed by atoms with Crippen molar-refractivity contribution in [2.45, 2.75) is 37.8 Å². The van der Waals surface area contributed by atoms with E-state index in [0.29, 0.717) is 6.42 Å². The van der Waals surface area contributed by atoms with Crippen LogP contribution in [0.4, 0.5) is 4.39 Å². The van der Waals surface area contributed by atoms with E-state index < -0.39 is 21.7 Å². The SMILES string of the molecule is CC[C@@H](C)NS(=O)(=O)c1ccc(F)c(C(=O)NCc2cccnc2)c1. The van der Waals surface area contributed by atoms with Crippen LogP contribution < -0.4 is 10.0 Å².